The van der Waals surface area contributed by atoms with E-state index in [4.69, 9.17) is 11.6 Å². The smallest absolute Gasteiger partial charge is 0.308 e. The Labute approximate surface area is 115 Å². The van der Waals surface area contributed by atoms with Gasteiger partial charge in [-0.25, -0.2) is 4.79 Å². The van der Waals surface area contributed by atoms with Crippen LogP contribution in [0, 0.1) is 6.07 Å². The van der Waals surface area contributed by atoms with Crippen molar-refractivity contribution in [3.63, 3.8) is 0 Å². The molecule has 0 fully saturated rings. The Morgan fingerprint density at radius 3 is 2.58 bits per heavy atom. The number of amides is 3. The number of carbonyl (C=O) groups excluding carboxylic acids is 2. The van der Waals surface area contributed by atoms with E-state index in [1.807, 2.05) is 0 Å². The van der Waals surface area contributed by atoms with Gasteiger partial charge in [-0.05, 0) is 30.3 Å². The topological polar surface area (TPSA) is 58.2 Å². The number of imide groups is 1. The van der Waals surface area contributed by atoms with Crippen molar-refractivity contribution in [2.24, 2.45) is 0 Å². The molecule has 0 saturated carbocycles. The van der Waals surface area contributed by atoms with E-state index in [1.165, 1.54) is 0 Å². The summed E-state index contributed by atoms with van der Waals surface area (Å²) in [5.41, 5.74) is 0.797. The molecule has 95 valence electrons. The molecule has 0 atom stereocenters. The van der Waals surface area contributed by atoms with Gasteiger partial charge < -0.3 is 5.32 Å². The number of hydrogen-bond acceptors (Lipinski definition) is 2. The van der Waals surface area contributed by atoms with Crippen molar-refractivity contribution in [1.29, 1.82) is 0 Å². The summed E-state index contributed by atoms with van der Waals surface area (Å²) >= 11 is 5.87. The van der Waals surface area contributed by atoms with E-state index in [2.05, 4.69) is 16.7 Å². The lowest BCUT2D eigenvalue weighted by molar-refractivity contribution is 0.0967. The first-order valence-corrected chi connectivity index (χ1v) is 5.87. The molecule has 0 heterocycles. The first-order chi connectivity index (χ1) is 9.16. The lowest BCUT2D eigenvalue weighted by Gasteiger charge is -2.07. The summed E-state index contributed by atoms with van der Waals surface area (Å²) in [5.74, 6) is -0.553. The Kier molecular flexibility index (Phi) is 4.15. The Balaban J connectivity index is 2.00. The molecular formula is C14H10ClN2O2. The van der Waals surface area contributed by atoms with E-state index in [1.54, 1.807) is 48.5 Å². The summed E-state index contributed by atoms with van der Waals surface area (Å²) in [7, 11) is 0. The molecule has 0 unspecified atom stereocenters. The molecule has 0 aromatic heterocycles. The number of nitrogens with one attached hydrogen (secondary N) is 2. The van der Waals surface area contributed by atoms with E-state index >= 15 is 0 Å². The van der Waals surface area contributed by atoms with Crippen LogP contribution in [0.3, 0.4) is 0 Å². The maximum atomic E-state index is 11.8. The van der Waals surface area contributed by atoms with E-state index < -0.39 is 11.9 Å². The first kappa shape index (κ1) is 13.1. The molecule has 4 nitrogen and oxygen atoms in total. The Morgan fingerprint density at radius 2 is 1.89 bits per heavy atom. The third-order valence-electron chi connectivity index (χ3n) is 2.31. The second kappa shape index (κ2) is 6.02. The summed E-state index contributed by atoms with van der Waals surface area (Å²) in [4.78, 5) is 23.4. The van der Waals surface area contributed by atoms with Crippen LogP contribution in [0.15, 0.2) is 48.5 Å². The van der Waals surface area contributed by atoms with Gasteiger partial charge >= 0.3 is 6.03 Å². The molecule has 19 heavy (non-hydrogen) atoms. The highest BCUT2D eigenvalue weighted by Gasteiger charge is 2.12. The van der Waals surface area contributed by atoms with Crippen molar-refractivity contribution in [2.75, 3.05) is 5.32 Å². The van der Waals surface area contributed by atoms with E-state index in [0.717, 1.165) is 0 Å². The molecule has 0 aliphatic rings. The number of benzene rings is 2. The maximum Gasteiger partial charge on any atom is 0.326 e. The number of hydrogen-bond donors (Lipinski definition) is 2. The highest BCUT2D eigenvalue weighted by atomic mass is 35.5. The van der Waals surface area contributed by atoms with E-state index in [-0.39, 0.29) is 5.56 Å². The van der Waals surface area contributed by atoms with Gasteiger partial charge in [-0.2, -0.15) is 0 Å². The summed E-state index contributed by atoms with van der Waals surface area (Å²) in [6.45, 7) is 0. The first-order valence-electron chi connectivity index (χ1n) is 5.50. The van der Waals surface area contributed by atoms with Gasteiger partial charge in [0.25, 0.3) is 5.91 Å². The highest BCUT2D eigenvalue weighted by molar-refractivity contribution is 6.34. The third-order valence-corrected chi connectivity index (χ3v) is 2.64. The van der Waals surface area contributed by atoms with Gasteiger partial charge in [-0.1, -0.05) is 35.9 Å². The lowest BCUT2D eigenvalue weighted by Crippen LogP contribution is -2.34. The lowest BCUT2D eigenvalue weighted by atomic mass is 10.2. The van der Waals surface area contributed by atoms with Gasteiger partial charge in [-0.15, -0.1) is 0 Å². The highest BCUT2D eigenvalue weighted by Crippen LogP contribution is 2.14. The standard InChI is InChI=1S/C14H10ClN2O2/c15-12-9-5-4-8-11(12)13(18)17-14(19)16-10-6-2-1-3-7-10/h1-2,4-9H,(H2,16,17,18,19). The molecule has 0 aliphatic heterocycles. The quantitative estimate of drug-likeness (QED) is 0.883. The number of carbonyl (C=O) groups is 2. The minimum Gasteiger partial charge on any atom is -0.308 e. The number of halogens is 1. The van der Waals surface area contributed by atoms with Crippen molar-refractivity contribution in [2.45, 2.75) is 0 Å². The van der Waals surface area contributed by atoms with Gasteiger partial charge in [0, 0.05) is 5.69 Å². The van der Waals surface area contributed by atoms with Gasteiger partial charge in [0.2, 0.25) is 0 Å². The molecule has 0 bridgehead atoms. The summed E-state index contributed by atoms with van der Waals surface area (Å²) in [6, 6.07) is 15.4. The van der Waals surface area contributed by atoms with Crippen molar-refractivity contribution in [1.82, 2.24) is 5.32 Å². The minimum atomic E-state index is -0.621. The summed E-state index contributed by atoms with van der Waals surface area (Å²) in [5, 5.41) is 5.01. The number of urea groups is 1. The number of anilines is 1. The zero-order chi connectivity index (χ0) is 13.7. The van der Waals surface area contributed by atoms with Crippen molar-refractivity contribution < 1.29 is 9.59 Å². The summed E-state index contributed by atoms with van der Waals surface area (Å²) in [6.07, 6.45) is 0. The molecule has 3 amide bonds. The molecule has 2 aromatic carbocycles. The predicted octanol–water partition coefficient (Wildman–Crippen LogP) is 3.10. The predicted molar refractivity (Wildman–Crippen MR) is 73.2 cm³/mol. The average Bonchev–Trinajstić information content (AvgIpc) is 2.40. The molecule has 2 N–H and O–H groups in total. The van der Waals surface area contributed by atoms with Crippen LogP contribution in [-0.2, 0) is 0 Å². The Hall–Kier alpha value is -2.33. The fourth-order valence-corrected chi connectivity index (χ4v) is 1.67. The molecule has 2 rings (SSSR count). The SMILES string of the molecule is O=C(NC(=O)c1ccccc1Cl)Nc1c[c]ccc1. The molecule has 1 radical (unpaired) electrons. The van der Waals surface area contributed by atoms with Crippen molar-refractivity contribution in [3.8, 4) is 0 Å². The van der Waals surface area contributed by atoms with Gasteiger partial charge in [0.15, 0.2) is 0 Å². The van der Waals surface area contributed by atoms with Crippen LogP contribution in [-0.4, -0.2) is 11.9 Å². The molecule has 2 aromatic rings. The van der Waals surface area contributed by atoms with Crippen LogP contribution in [0.1, 0.15) is 10.4 Å². The molecule has 0 spiro atoms. The molecule has 0 saturated heterocycles. The molecule has 0 aliphatic carbocycles. The number of rotatable bonds is 2. The van der Waals surface area contributed by atoms with Crippen LogP contribution < -0.4 is 10.6 Å². The Morgan fingerprint density at radius 1 is 1.11 bits per heavy atom. The molecule has 5 heteroatoms. The van der Waals surface area contributed by atoms with Gasteiger partial charge in [0.1, 0.15) is 0 Å². The van der Waals surface area contributed by atoms with Gasteiger partial charge in [0.05, 0.1) is 10.6 Å². The maximum absolute atomic E-state index is 11.8. The van der Waals surface area contributed by atoms with Crippen LogP contribution in [0.25, 0.3) is 0 Å². The Bertz CT molecular complexity index is 599. The van der Waals surface area contributed by atoms with E-state index in [9.17, 15) is 9.59 Å². The zero-order valence-corrected chi connectivity index (χ0v) is 10.6. The van der Waals surface area contributed by atoms with Crippen molar-refractivity contribution in [3.05, 3.63) is 65.2 Å². The average molecular weight is 274 g/mol. The normalized spacial score (nSPS) is 9.74. The molecular weight excluding hydrogens is 264 g/mol. The largest absolute Gasteiger partial charge is 0.326 e. The third kappa shape index (κ3) is 3.56. The van der Waals surface area contributed by atoms with Crippen LogP contribution in [0.5, 0.6) is 0 Å². The fraction of sp³-hybridized carbons (Fsp3) is 0. The second-order valence-electron chi connectivity index (χ2n) is 3.68. The van der Waals surface area contributed by atoms with Crippen molar-refractivity contribution >= 4 is 29.2 Å². The monoisotopic (exact) mass is 273 g/mol. The second-order valence-corrected chi connectivity index (χ2v) is 4.09. The van der Waals surface area contributed by atoms with Crippen LogP contribution in [0.2, 0.25) is 5.02 Å². The van der Waals surface area contributed by atoms with Gasteiger partial charge in [-0.3, -0.25) is 10.1 Å². The fourth-order valence-electron chi connectivity index (χ4n) is 1.45. The summed E-state index contributed by atoms with van der Waals surface area (Å²) < 4.78 is 0. The zero-order valence-electron chi connectivity index (χ0n) is 9.81. The van der Waals surface area contributed by atoms with Crippen LogP contribution >= 0.6 is 11.6 Å². The van der Waals surface area contributed by atoms with Crippen LogP contribution in [0.4, 0.5) is 10.5 Å². The van der Waals surface area contributed by atoms with E-state index in [0.29, 0.717) is 10.7 Å². The minimum absolute atomic E-state index is 0.249.